The van der Waals surface area contributed by atoms with Crippen molar-refractivity contribution in [2.75, 3.05) is 12.3 Å². The standard InChI is InChI=1S/C16H25N3O/c1-11-7-5-6-8-12(11)10-20-14-9-13(17)18-15(19-14)16(2,3)4/h5-6,9,11-12H,7-8,10H2,1-4H3,(H2,17,18,19). The highest BCUT2D eigenvalue weighted by atomic mass is 16.5. The van der Waals surface area contributed by atoms with Gasteiger partial charge in [-0.05, 0) is 24.7 Å². The Morgan fingerprint density at radius 1 is 1.25 bits per heavy atom. The lowest BCUT2D eigenvalue weighted by Gasteiger charge is -2.25. The number of rotatable bonds is 3. The van der Waals surface area contributed by atoms with Crippen molar-refractivity contribution in [1.82, 2.24) is 9.97 Å². The molecule has 0 aliphatic heterocycles. The van der Waals surface area contributed by atoms with Crippen LogP contribution in [0.1, 0.15) is 46.4 Å². The van der Waals surface area contributed by atoms with Crippen molar-refractivity contribution in [1.29, 1.82) is 0 Å². The Hall–Kier alpha value is -1.58. The molecule has 0 spiro atoms. The summed E-state index contributed by atoms with van der Waals surface area (Å²) in [5, 5.41) is 0. The molecule has 1 heterocycles. The summed E-state index contributed by atoms with van der Waals surface area (Å²) in [6, 6.07) is 1.71. The van der Waals surface area contributed by atoms with Crippen molar-refractivity contribution in [3.05, 3.63) is 24.0 Å². The third-order valence-corrected chi connectivity index (χ3v) is 3.76. The zero-order valence-corrected chi connectivity index (χ0v) is 12.9. The molecule has 2 atom stereocenters. The van der Waals surface area contributed by atoms with Crippen molar-refractivity contribution in [2.24, 2.45) is 11.8 Å². The molecular formula is C16H25N3O. The summed E-state index contributed by atoms with van der Waals surface area (Å²) < 4.78 is 5.87. The second-order valence-corrected chi connectivity index (χ2v) is 6.70. The monoisotopic (exact) mass is 275 g/mol. The van der Waals surface area contributed by atoms with Crippen LogP contribution in [0.15, 0.2) is 18.2 Å². The normalized spacial score (nSPS) is 22.8. The first-order valence-electron chi connectivity index (χ1n) is 7.29. The Kier molecular flexibility index (Phi) is 4.31. The summed E-state index contributed by atoms with van der Waals surface area (Å²) >= 11 is 0. The van der Waals surface area contributed by atoms with Crippen molar-refractivity contribution in [3.63, 3.8) is 0 Å². The van der Waals surface area contributed by atoms with E-state index in [0.29, 0.717) is 30.1 Å². The van der Waals surface area contributed by atoms with Gasteiger partial charge in [-0.15, -0.1) is 0 Å². The van der Waals surface area contributed by atoms with Gasteiger partial charge in [-0.1, -0.05) is 39.8 Å². The van der Waals surface area contributed by atoms with E-state index in [2.05, 4.69) is 49.8 Å². The number of nitrogens with two attached hydrogens (primary N) is 1. The lowest BCUT2D eigenvalue weighted by molar-refractivity contribution is 0.191. The maximum absolute atomic E-state index is 5.87. The molecule has 0 radical (unpaired) electrons. The molecule has 0 fully saturated rings. The molecular weight excluding hydrogens is 250 g/mol. The number of anilines is 1. The third kappa shape index (κ3) is 3.71. The van der Waals surface area contributed by atoms with Gasteiger partial charge in [0.2, 0.25) is 5.88 Å². The van der Waals surface area contributed by atoms with E-state index < -0.39 is 0 Å². The van der Waals surface area contributed by atoms with E-state index >= 15 is 0 Å². The summed E-state index contributed by atoms with van der Waals surface area (Å²) in [5.41, 5.74) is 5.72. The fourth-order valence-electron chi connectivity index (χ4n) is 2.28. The van der Waals surface area contributed by atoms with Crippen LogP contribution in [0.4, 0.5) is 5.82 Å². The molecule has 1 aromatic rings. The molecule has 0 saturated heterocycles. The van der Waals surface area contributed by atoms with Gasteiger partial charge in [-0.25, -0.2) is 4.98 Å². The van der Waals surface area contributed by atoms with Gasteiger partial charge in [0.05, 0.1) is 6.61 Å². The number of ether oxygens (including phenoxy) is 1. The minimum absolute atomic E-state index is 0.131. The number of allylic oxidation sites excluding steroid dienone is 2. The summed E-state index contributed by atoms with van der Waals surface area (Å²) in [6.07, 6.45) is 6.70. The summed E-state index contributed by atoms with van der Waals surface area (Å²) in [7, 11) is 0. The first-order valence-corrected chi connectivity index (χ1v) is 7.29. The second kappa shape index (κ2) is 5.81. The maximum Gasteiger partial charge on any atom is 0.218 e. The van der Waals surface area contributed by atoms with Crippen LogP contribution >= 0.6 is 0 Å². The molecule has 0 saturated carbocycles. The van der Waals surface area contributed by atoms with E-state index in [1.54, 1.807) is 6.07 Å². The van der Waals surface area contributed by atoms with Crippen LogP contribution in [-0.4, -0.2) is 16.6 Å². The van der Waals surface area contributed by atoms with E-state index in [0.717, 1.165) is 18.7 Å². The SMILES string of the molecule is CC1CC=CCC1COc1cc(N)nc(C(C)(C)C)n1. The van der Waals surface area contributed by atoms with Gasteiger partial charge < -0.3 is 10.5 Å². The lowest BCUT2D eigenvalue weighted by atomic mass is 9.85. The van der Waals surface area contributed by atoms with Crippen molar-refractivity contribution < 1.29 is 4.74 Å². The molecule has 2 unspecified atom stereocenters. The average Bonchev–Trinajstić information content (AvgIpc) is 2.36. The molecule has 4 heteroatoms. The van der Waals surface area contributed by atoms with Gasteiger partial charge in [0.25, 0.3) is 0 Å². The minimum Gasteiger partial charge on any atom is -0.477 e. The molecule has 1 aliphatic carbocycles. The molecule has 20 heavy (non-hydrogen) atoms. The Morgan fingerprint density at radius 2 is 1.95 bits per heavy atom. The predicted molar refractivity (Wildman–Crippen MR) is 81.7 cm³/mol. The van der Waals surface area contributed by atoms with Gasteiger partial charge in [0, 0.05) is 11.5 Å². The lowest BCUT2D eigenvalue weighted by Crippen LogP contribution is -2.22. The second-order valence-electron chi connectivity index (χ2n) is 6.70. The largest absolute Gasteiger partial charge is 0.477 e. The molecule has 4 nitrogen and oxygen atoms in total. The Labute approximate surface area is 121 Å². The molecule has 0 aromatic carbocycles. The van der Waals surface area contributed by atoms with Crippen molar-refractivity contribution >= 4 is 5.82 Å². The first-order chi connectivity index (χ1) is 9.36. The van der Waals surface area contributed by atoms with E-state index in [9.17, 15) is 0 Å². The molecule has 1 aromatic heterocycles. The molecule has 2 rings (SSSR count). The van der Waals surface area contributed by atoms with Crippen LogP contribution in [0, 0.1) is 11.8 Å². The zero-order chi connectivity index (χ0) is 14.8. The molecule has 1 aliphatic rings. The van der Waals surface area contributed by atoms with E-state index in [1.807, 2.05) is 0 Å². The van der Waals surface area contributed by atoms with Crippen molar-refractivity contribution in [2.45, 2.75) is 46.0 Å². The topological polar surface area (TPSA) is 61.0 Å². The summed E-state index contributed by atoms with van der Waals surface area (Å²) in [4.78, 5) is 8.77. The Bertz CT molecular complexity index is 491. The van der Waals surface area contributed by atoms with Crippen LogP contribution in [0.25, 0.3) is 0 Å². The van der Waals surface area contributed by atoms with Gasteiger partial charge in [0.1, 0.15) is 11.6 Å². The quantitative estimate of drug-likeness (QED) is 0.859. The highest BCUT2D eigenvalue weighted by molar-refractivity contribution is 5.34. The van der Waals surface area contributed by atoms with Crippen LogP contribution in [-0.2, 0) is 5.41 Å². The zero-order valence-electron chi connectivity index (χ0n) is 12.9. The average molecular weight is 275 g/mol. The highest BCUT2D eigenvalue weighted by Crippen LogP contribution is 2.27. The van der Waals surface area contributed by atoms with Gasteiger partial charge in [-0.3, -0.25) is 0 Å². The highest BCUT2D eigenvalue weighted by Gasteiger charge is 2.21. The number of hydrogen-bond donors (Lipinski definition) is 1. The Morgan fingerprint density at radius 3 is 2.60 bits per heavy atom. The summed E-state index contributed by atoms with van der Waals surface area (Å²) in [6.45, 7) is 9.16. The fraction of sp³-hybridized carbons (Fsp3) is 0.625. The Balaban J connectivity index is 2.06. The smallest absolute Gasteiger partial charge is 0.218 e. The van der Waals surface area contributed by atoms with Crippen LogP contribution in [0.3, 0.4) is 0 Å². The maximum atomic E-state index is 5.87. The first kappa shape index (κ1) is 14.8. The van der Waals surface area contributed by atoms with E-state index in [4.69, 9.17) is 10.5 Å². The number of nitrogens with zero attached hydrogens (tertiary/aromatic N) is 2. The summed E-state index contributed by atoms with van der Waals surface area (Å²) in [5.74, 6) is 2.99. The predicted octanol–water partition coefficient (Wildman–Crippen LogP) is 3.34. The van der Waals surface area contributed by atoms with E-state index in [1.165, 1.54) is 0 Å². The van der Waals surface area contributed by atoms with Gasteiger partial charge in [0.15, 0.2) is 0 Å². The molecule has 2 N–H and O–H groups in total. The van der Waals surface area contributed by atoms with Crippen LogP contribution in [0.5, 0.6) is 5.88 Å². The van der Waals surface area contributed by atoms with Gasteiger partial charge >= 0.3 is 0 Å². The fourth-order valence-corrected chi connectivity index (χ4v) is 2.28. The van der Waals surface area contributed by atoms with Gasteiger partial charge in [-0.2, -0.15) is 4.98 Å². The van der Waals surface area contributed by atoms with Crippen LogP contribution < -0.4 is 10.5 Å². The van der Waals surface area contributed by atoms with Crippen molar-refractivity contribution in [3.8, 4) is 5.88 Å². The van der Waals surface area contributed by atoms with Crippen LogP contribution in [0.2, 0.25) is 0 Å². The molecule has 0 bridgehead atoms. The minimum atomic E-state index is -0.131. The third-order valence-electron chi connectivity index (χ3n) is 3.76. The number of aromatic nitrogens is 2. The van der Waals surface area contributed by atoms with E-state index in [-0.39, 0.29) is 5.41 Å². The molecule has 110 valence electrons. The number of hydrogen-bond acceptors (Lipinski definition) is 4. The molecule has 0 amide bonds. The number of nitrogen functional groups attached to an aromatic ring is 1.